The third-order valence-electron chi connectivity index (χ3n) is 4.54. The first-order valence-corrected chi connectivity index (χ1v) is 9.03. The Hall–Kier alpha value is -2.08. The van der Waals surface area contributed by atoms with Crippen molar-refractivity contribution in [2.24, 2.45) is 0 Å². The van der Waals surface area contributed by atoms with Crippen molar-refractivity contribution < 1.29 is 9.59 Å². The summed E-state index contributed by atoms with van der Waals surface area (Å²) in [5, 5.41) is 8.65. The molecule has 0 spiro atoms. The fourth-order valence-corrected chi connectivity index (χ4v) is 3.00. The monoisotopic (exact) mass is 346 g/mol. The first-order valence-electron chi connectivity index (χ1n) is 9.03. The number of benzene rings is 1. The van der Waals surface area contributed by atoms with Crippen LogP contribution in [0.4, 0.5) is 10.5 Å². The van der Waals surface area contributed by atoms with Gasteiger partial charge in [0.15, 0.2) is 0 Å². The van der Waals surface area contributed by atoms with Gasteiger partial charge in [-0.2, -0.15) is 0 Å². The van der Waals surface area contributed by atoms with E-state index in [-0.39, 0.29) is 18.0 Å². The molecule has 0 aromatic heterocycles. The molecule has 6 nitrogen and oxygen atoms in total. The Morgan fingerprint density at radius 1 is 1.08 bits per heavy atom. The number of aryl methyl sites for hydroxylation is 1. The van der Waals surface area contributed by atoms with E-state index in [9.17, 15) is 9.59 Å². The van der Waals surface area contributed by atoms with Crippen LogP contribution in [-0.4, -0.2) is 48.1 Å². The molecule has 1 atom stereocenters. The smallest absolute Gasteiger partial charge is 0.321 e. The number of hydrogen-bond donors (Lipinski definition) is 3. The molecule has 1 aliphatic heterocycles. The molecule has 0 saturated carbocycles. The molecule has 0 bridgehead atoms. The number of urea groups is 1. The minimum atomic E-state index is -0.428. The SMILES string of the molecule is Cc1ccc(NC2CCN([C@@H](C)C(=O)NC(=O)NC(C)C)CC2)cc1. The van der Waals surface area contributed by atoms with Crippen LogP contribution in [0.1, 0.15) is 39.2 Å². The molecule has 1 saturated heterocycles. The van der Waals surface area contributed by atoms with Crippen molar-refractivity contribution in [3.8, 4) is 0 Å². The van der Waals surface area contributed by atoms with Gasteiger partial charge in [0.1, 0.15) is 0 Å². The lowest BCUT2D eigenvalue weighted by atomic mass is 10.0. The fourth-order valence-electron chi connectivity index (χ4n) is 3.00. The zero-order valence-corrected chi connectivity index (χ0v) is 15.6. The van der Waals surface area contributed by atoms with Gasteiger partial charge in [-0.1, -0.05) is 17.7 Å². The number of carbonyl (C=O) groups is 2. The van der Waals surface area contributed by atoms with Crippen molar-refractivity contribution in [2.75, 3.05) is 18.4 Å². The molecular formula is C19H30N4O2. The van der Waals surface area contributed by atoms with Crippen molar-refractivity contribution in [1.82, 2.24) is 15.5 Å². The van der Waals surface area contributed by atoms with E-state index in [2.05, 4.69) is 52.0 Å². The van der Waals surface area contributed by atoms with Gasteiger partial charge in [0.25, 0.3) is 0 Å². The average molecular weight is 346 g/mol. The highest BCUT2D eigenvalue weighted by Gasteiger charge is 2.27. The molecule has 3 amide bonds. The number of nitrogens with one attached hydrogen (secondary N) is 3. The molecule has 1 fully saturated rings. The van der Waals surface area contributed by atoms with Crippen LogP contribution in [0.5, 0.6) is 0 Å². The van der Waals surface area contributed by atoms with E-state index in [0.29, 0.717) is 6.04 Å². The van der Waals surface area contributed by atoms with Gasteiger partial charge in [-0.25, -0.2) is 4.79 Å². The van der Waals surface area contributed by atoms with Gasteiger partial charge in [-0.05, 0) is 52.7 Å². The minimum absolute atomic E-state index is 0.00620. The van der Waals surface area contributed by atoms with E-state index in [1.165, 1.54) is 5.56 Å². The predicted molar refractivity (Wildman–Crippen MR) is 101 cm³/mol. The molecule has 1 aromatic carbocycles. The van der Waals surface area contributed by atoms with Crippen molar-refractivity contribution in [3.63, 3.8) is 0 Å². The maximum absolute atomic E-state index is 12.2. The fraction of sp³-hybridized carbons (Fsp3) is 0.579. The quantitative estimate of drug-likeness (QED) is 0.766. The van der Waals surface area contributed by atoms with Crippen LogP contribution < -0.4 is 16.0 Å². The lowest BCUT2D eigenvalue weighted by molar-refractivity contribution is -0.125. The summed E-state index contributed by atoms with van der Waals surface area (Å²) in [5.74, 6) is -0.247. The van der Waals surface area contributed by atoms with Gasteiger partial charge >= 0.3 is 6.03 Å². The maximum Gasteiger partial charge on any atom is 0.321 e. The topological polar surface area (TPSA) is 73.5 Å². The van der Waals surface area contributed by atoms with Crippen LogP contribution in [0.25, 0.3) is 0 Å². The number of imide groups is 1. The van der Waals surface area contributed by atoms with Gasteiger partial charge < -0.3 is 10.6 Å². The van der Waals surface area contributed by atoms with E-state index in [0.717, 1.165) is 31.6 Å². The molecule has 1 heterocycles. The van der Waals surface area contributed by atoms with Crippen LogP contribution in [-0.2, 0) is 4.79 Å². The Balaban J connectivity index is 1.77. The molecule has 0 aliphatic carbocycles. The number of nitrogens with zero attached hydrogens (tertiary/aromatic N) is 1. The van der Waals surface area contributed by atoms with Crippen LogP contribution in [0.3, 0.4) is 0 Å². The summed E-state index contributed by atoms with van der Waals surface area (Å²) in [6.07, 6.45) is 1.95. The summed E-state index contributed by atoms with van der Waals surface area (Å²) in [6.45, 7) is 9.33. The lowest BCUT2D eigenvalue weighted by Crippen LogP contribution is -2.53. The second kappa shape index (κ2) is 8.85. The highest BCUT2D eigenvalue weighted by Crippen LogP contribution is 2.18. The number of amides is 3. The number of anilines is 1. The standard InChI is InChI=1S/C19H30N4O2/c1-13(2)20-19(25)22-18(24)15(4)23-11-9-17(10-12-23)21-16-7-5-14(3)6-8-16/h5-8,13,15,17,21H,9-12H2,1-4H3,(H2,20,22,24,25)/t15-/m0/s1. The Morgan fingerprint density at radius 3 is 2.24 bits per heavy atom. The number of piperidine rings is 1. The first kappa shape index (κ1) is 19.2. The summed E-state index contributed by atoms with van der Waals surface area (Å²) < 4.78 is 0. The van der Waals surface area contributed by atoms with Crippen molar-refractivity contribution >= 4 is 17.6 Å². The summed E-state index contributed by atoms with van der Waals surface area (Å²) in [5.41, 5.74) is 2.39. The molecule has 3 N–H and O–H groups in total. The number of hydrogen-bond acceptors (Lipinski definition) is 4. The largest absolute Gasteiger partial charge is 0.382 e. The summed E-state index contributed by atoms with van der Waals surface area (Å²) in [7, 11) is 0. The van der Waals surface area contributed by atoms with Crippen LogP contribution in [0, 0.1) is 6.92 Å². The van der Waals surface area contributed by atoms with Gasteiger partial charge in [0.05, 0.1) is 6.04 Å². The van der Waals surface area contributed by atoms with Crippen LogP contribution in [0.15, 0.2) is 24.3 Å². The third-order valence-corrected chi connectivity index (χ3v) is 4.54. The maximum atomic E-state index is 12.2. The van der Waals surface area contributed by atoms with E-state index < -0.39 is 6.03 Å². The van der Waals surface area contributed by atoms with Gasteiger partial charge in [-0.3, -0.25) is 15.0 Å². The van der Waals surface area contributed by atoms with E-state index in [4.69, 9.17) is 0 Å². The summed E-state index contributed by atoms with van der Waals surface area (Å²) in [4.78, 5) is 26.0. The van der Waals surface area contributed by atoms with Crippen LogP contribution in [0.2, 0.25) is 0 Å². The molecule has 0 unspecified atom stereocenters. The predicted octanol–water partition coefficient (Wildman–Crippen LogP) is 2.49. The molecule has 25 heavy (non-hydrogen) atoms. The zero-order valence-electron chi connectivity index (χ0n) is 15.6. The third kappa shape index (κ3) is 6.05. The second-order valence-electron chi connectivity index (χ2n) is 7.11. The molecule has 1 aliphatic rings. The van der Waals surface area contributed by atoms with Crippen molar-refractivity contribution in [2.45, 2.75) is 58.7 Å². The van der Waals surface area contributed by atoms with Crippen molar-refractivity contribution in [1.29, 1.82) is 0 Å². The molecule has 2 rings (SSSR count). The molecule has 1 aromatic rings. The van der Waals surface area contributed by atoms with E-state index in [1.54, 1.807) is 0 Å². The molecule has 6 heteroatoms. The second-order valence-corrected chi connectivity index (χ2v) is 7.11. The average Bonchev–Trinajstić information content (AvgIpc) is 2.56. The van der Waals surface area contributed by atoms with Crippen molar-refractivity contribution in [3.05, 3.63) is 29.8 Å². The minimum Gasteiger partial charge on any atom is -0.382 e. The number of carbonyl (C=O) groups excluding carboxylic acids is 2. The van der Waals surface area contributed by atoms with Gasteiger partial charge in [0, 0.05) is 30.9 Å². The highest BCUT2D eigenvalue weighted by molar-refractivity contribution is 5.96. The Bertz CT molecular complexity index is 578. The molecule has 138 valence electrons. The van der Waals surface area contributed by atoms with E-state index >= 15 is 0 Å². The first-order chi connectivity index (χ1) is 11.8. The number of rotatable bonds is 5. The van der Waals surface area contributed by atoms with E-state index in [1.807, 2.05) is 20.8 Å². The molecule has 0 radical (unpaired) electrons. The van der Waals surface area contributed by atoms with Gasteiger partial charge in [0.2, 0.25) is 5.91 Å². The number of likely N-dealkylation sites (tertiary alicyclic amines) is 1. The Labute approximate surface area is 150 Å². The lowest BCUT2D eigenvalue weighted by Gasteiger charge is -2.35. The Kier molecular flexibility index (Phi) is 6.82. The highest BCUT2D eigenvalue weighted by atomic mass is 16.2. The summed E-state index contributed by atoms with van der Waals surface area (Å²) >= 11 is 0. The van der Waals surface area contributed by atoms with Gasteiger partial charge in [-0.15, -0.1) is 0 Å². The summed E-state index contributed by atoms with van der Waals surface area (Å²) in [6, 6.07) is 8.10. The Morgan fingerprint density at radius 2 is 1.68 bits per heavy atom. The zero-order chi connectivity index (χ0) is 18.4. The van der Waals surface area contributed by atoms with Crippen LogP contribution >= 0.6 is 0 Å². The normalized spacial score (nSPS) is 17.2. The molecular weight excluding hydrogens is 316 g/mol.